The van der Waals surface area contributed by atoms with Gasteiger partial charge in [-0.3, -0.25) is 47.9 Å². The minimum absolute atomic E-state index is 0.0867. The predicted octanol–water partition coefficient (Wildman–Crippen LogP) is 2.10. The SMILES string of the molecule is CN[C@H](CC(C)C)C(=O)NC1C(=O)C[C@@H](CC(N)=O)C(=O)N[C@H]2C(=O)C[C@H]3C(=O)N[C@H](C(=O)N[C@H](C(=O)NCCCO/N=C(\C(=O)C[C@@H]4C(=O)N5C(C(=O)[O-])C(C[n+]6ccccc6)=CS[C@H]45)c4nc(N)sc4Cl)c4cc(O)cc(O)c4-c4cc3ccc4O)[C@H](O)c3ccc(c(Cl)c3)Oc3cc2cc(c3O[C@@H]2O[C@H](CO)[C@@H](O)[C@H](O)[C@H]2O[C@H]2C[C@](C)(N)[C@H](O)[C@H](C)O2)Oc2ccc(cc2Cl)[C@H]1O. The lowest BCUT2D eigenvalue weighted by atomic mass is 9.84. The average molecular weight is 1980 g/mol. The van der Waals surface area contributed by atoms with Crippen LogP contribution < -0.4 is 73.0 Å². The number of aliphatic carboxylic acids is 1. The van der Waals surface area contributed by atoms with Gasteiger partial charge in [0.05, 0.1) is 64.0 Å². The first kappa shape index (κ1) is 100. The Balaban J connectivity index is 0.848. The molecule has 16 rings (SSSR count). The van der Waals surface area contributed by atoms with Gasteiger partial charge < -0.3 is 143 Å². The molecule has 11 bridgehead atoms. The summed E-state index contributed by atoms with van der Waals surface area (Å²) in [5, 5.41) is 139. The summed E-state index contributed by atoms with van der Waals surface area (Å²) in [5.74, 6) is -22.6. The molecule has 9 aliphatic rings. The van der Waals surface area contributed by atoms with Gasteiger partial charge in [0.15, 0.2) is 71.0 Å². The van der Waals surface area contributed by atoms with Crippen molar-refractivity contribution >= 4 is 133 Å². The molecule has 9 aliphatic heterocycles. The maximum atomic E-state index is 16.5. The van der Waals surface area contributed by atoms with Gasteiger partial charge in [0.25, 0.3) is 0 Å². The summed E-state index contributed by atoms with van der Waals surface area (Å²) in [6, 6.07) is 8.26. The van der Waals surface area contributed by atoms with Crippen LogP contribution in [0.5, 0.6) is 46.0 Å². The zero-order chi connectivity index (χ0) is 98.1. The number of halogens is 3. The third kappa shape index (κ3) is 21.6. The third-order valence-electron chi connectivity index (χ3n) is 24.3. The Labute approximate surface area is 798 Å². The largest absolute Gasteiger partial charge is 0.548 e. The number of amides is 7. The van der Waals surface area contributed by atoms with E-state index in [1.54, 1.807) is 40.6 Å². The third-order valence-corrected chi connectivity index (χ3v) is 27.2. The monoisotopic (exact) mass is 1980 g/mol. The summed E-state index contributed by atoms with van der Waals surface area (Å²) < 4.78 is 40.5. The van der Waals surface area contributed by atoms with E-state index in [2.05, 4.69) is 42.0 Å². The van der Waals surface area contributed by atoms with Gasteiger partial charge >= 0.3 is 0 Å². The number of fused-ring (bicyclic) bond motifs is 16. The van der Waals surface area contributed by atoms with Crippen molar-refractivity contribution in [2.45, 2.75) is 194 Å². The normalized spacial score (nSPS) is 27.7. The average Bonchev–Trinajstić information content (AvgIpc) is 0.767. The number of carboxylic acids is 1. The zero-order valence-electron chi connectivity index (χ0n) is 73.1. The number of β-lactam (4-membered cyclic amide) rings is 1. The van der Waals surface area contributed by atoms with Crippen LogP contribution in [0.4, 0.5) is 5.13 Å². The predicted molar refractivity (Wildman–Crippen MR) is 481 cm³/mol. The summed E-state index contributed by atoms with van der Waals surface area (Å²) in [7, 11) is 1.48. The molecule has 0 saturated carbocycles. The second kappa shape index (κ2) is 42.1. The van der Waals surface area contributed by atoms with E-state index in [1.165, 1.54) is 33.0 Å². The number of hydrogen-bond acceptors (Lipinski definition) is 35. The Morgan fingerprint density at radius 2 is 1.47 bits per heavy atom. The van der Waals surface area contributed by atoms with Crippen molar-refractivity contribution in [3.05, 3.63) is 168 Å². The number of thiazole rings is 1. The number of aliphatic hydroxyl groups is 6. The molecular weight excluding hydrogens is 1880 g/mol. The van der Waals surface area contributed by atoms with E-state index in [0.717, 1.165) is 94.7 Å². The highest BCUT2D eigenvalue weighted by molar-refractivity contribution is 8.02. The fourth-order valence-corrected chi connectivity index (χ4v) is 19.9. The fraction of sp³-hybridized carbons (Fsp3) is 0.422. The molecule has 136 heavy (non-hydrogen) atoms. The second-order valence-corrected chi connectivity index (χ2v) is 38.0. The number of anilines is 1. The number of hydrogen-bond donors (Lipinski definition) is 18. The lowest BCUT2D eigenvalue weighted by molar-refractivity contribution is -0.689. The summed E-state index contributed by atoms with van der Waals surface area (Å²) >= 11 is 22.9. The van der Waals surface area contributed by atoms with Crippen LogP contribution in [-0.2, 0) is 78.3 Å². The first-order valence-corrected chi connectivity index (χ1v) is 45.9. The Kier molecular flexibility index (Phi) is 31.0. The fourth-order valence-electron chi connectivity index (χ4n) is 17.3. The first-order chi connectivity index (χ1) is 64.6. The van der Waals surface area contributed by atoms with Crippen molar-refractivity contribution in [1.29, 1.82) is 0 Å². The maximum absolute atomic E-state index is 16.5. The van der Waals surface area contributed by atoms with Crippen molar-refractivity contribution in [2.24, 2.45) is 34.4 Å². The topological polar surface area (TPSA) is 640 Å². The number of carboxylic acid groups (broad SMARTS) is 1. The molecule has 7 aromatic rings. The van der Waals surface area contributed by atoms with Gasteiger partial charge in [-0.15, -0.1) is 11.8 Å². The van der Waals surface area contributed by atoms with Gasteiger partial charge in [-0.2, -0.15) is 0 Å². The molecule has 3 saturated heterocycles. The number of ether oxygens (including phenoxy) is 6. The molecule has 5 aromatic carbocycles. The van der Waals surface area contributed by atoms with Crippen molar-refractivity contribution in [3.63, 3.8) is 0 Å². The van der Waals surface area contributed by atoms with Gasteiger partial charge in [0.1, 0.15) is 106 Å². The van der Waals surface area contributed by atoms with E-state index < -0.39 is 310 Å². The number of carbonyl (C=O) groups is 11. The molecule has 7 amide bonds. The molecule has 0 spiro atoms. The van der Waals surface area contributed by atoms with Crippen LogP contribution in [0, 0.1) is 17.8 Å². The highest BCUT2D eigenvalue weighted by Crippen LogP contribution is 2.52. The maximum Gasteiger partial charge on any atom is 0.247 e. The number of phenols is 3. The van der Waals surface area contributed by atoms with Crippen LogP contribution in [0.1, 0.15) is 136 Å². The van der Waals surface area contributed by atoms with E-state index in [1.807, 2.05) is 13.8 Å². The second-order valence-electron chi connectivity index (χ2n) is 34.5. The van der Waals surface area contributed by atoms with E-state index in [-0.39, 0.29) is 74.3 Å². The number of Topliss-reactive ketones (excluding diaryl/α,β-unsaturated/α-hetero) is 3. The zero-order valence-corrected chi connectivity index (χ0v) is 77.0. The number of benzene rings is 5. The van der Waals surface area contributed by atoms with E-state index >= 15 is 28.8 Å². The number of primary amides is 1. The minimum Gasteiger partial charge on any atom is -0.548 e. The molecule has 724 valence electrons. The number of pyridine rings is 1. The van der Waals surface area contributed by atoms with Gasteiger partial charge in [0, 0.05) is 85.5 Å². The minimum atomic E-state index is -2.33. The number of aromatic nitrogens is 2. The first-order valence-electron chi connectivity index (χ1n) is 43.0. The number of nitrogens with one attached hydrogen (secondary N) is 6. The number of carbonyl (C=O) groups excluding carboxylic acids is 11. The van der Waals surface area contributed by atoms with Crippen molar-refractivity contribution in [2.75, 3.05) is 32.5 Å². The molecule has 21 atom stereocenters. The number of phenolic OH excluding ortho intramolecular Hbond substituents is 3. The highest BCUT2D eigenvalue weighted by atomic mass is 35.5. The van der Waals surface area contributed by atoms with Gasteiger partial charge in [0.2, 0.25) is 53.4 Å². The molecule has 2 aromatic heterocycles. The number of nitrogens with zero attached hydrogens (tertiary/aromatic N) is 4. The highest BCUT2D eigenvalue weighted by Gasteiger charge is 2.56. The lowest BCUT2D eigenvalue weighted by Gasteiger charge is -2.52. The molecule has 3 fully saturated rings. The molecule has 11 heterocycles. The van der Waals surface area contributed by atoms with Crippen LogP contribution in [0.3, 0.4) is 0 Å². The van der Waals surface area contributed by atoms with Gasteiger partial charge in [-0.05, 0) is 121 Å². The molecular formula is C90H98Cl3N13O28S2. The van der Waals surface area contributed by atoms with Gasteiger partial charge in [-0.25, -0.2) is 9.55 Å². The molecule has 0 radical (unpaired) electrons. The van der Waals surface area contributed by atoms with Crippen LogP contribution in [0.15, 0.2) is 126 Å². The summed E-state index contributed by atoms with van der Waals surface area (Å²) in [6.45, 7) is 4.92. The van der Waals surface area contributed by atoms with Crippen molar-refractivity contribution < 1.29 is 142 Å². The van der Waals surface area contributed by atoms with E-state index in [9.17, 15) is 75.0 Å². The molecule has 46 heteroatoms. The Hall–Kier alpha value is -11.8. The Bertz CT molecular complexity index is 5900. The molecule has 0 aliphatic carbocycles. The number of aromatic hydroxyl groups is 3. The number of thioether (sulfide) groups is 1. The van der Waals surface area contributed by atoms with Crippen molar-refractivity contribution in [1.82, 2.24) is 41.8 Å². The van der Waals surface area contributed by atoms with E-state index in [0.29, 0.717) is 5.57 Å². The standard InChI is InChI=1S/C90H98Cl3N13O28S2/c1-36(2)20-51(97-5)82(122)101-68-54(111)24-42(27-62(94)114)80(120)99-65-41-25-59(130-57-14-11-39(72(68)115)22-49(57)91)76(134-88-77(75(118)74(117)61(34-107)132-88)133-63-32-90(4,96)78(119)37(3)129-63)60(26-41)131-58-15-12-40(23-50(58)92)73(116)70-84(124)100-66(47-28-44(108)29-53(110)64(47)46-21-38(10-13-52(46)109)45(30-55(65)112)81(121)102-70)83(123)98-16-9-19-128-104-67(69-79(93)136-89(95)103-69)56(113)31-48-85(125)106-71(87(126)127)43(35-135-86(48)106)33-105-17-7-6-8-18-105/h6-8,10-15,17-18,21-23,25-26,28-29,35-37,42,45,48,51,61,63,65-66,68,70-75,77-78,86,88,97,107,115-119H,9,16,19-20,24,27,30-34,96H2,1-5H3,(H12-,94,95,98,99,100,101,102,103,104,108,109,110,113,114,120,121,122,123,124,126,127)/t37-,42-,45+,48+,51+,61+,63-,65+,66-,68?,70-,71?,72+,73+,74+,75-,77+,78+,86+,88-,90-/m0/s1. The quantitative estimate of drug-likeness (QED) is 0.0128. The smallest absolute Gasteiger partial charge is 0.247 e. The molecule has 41 nitrogen and oxygen atoms in total. The summed E-state index contributed by atoms with van der Waals surface area (Å²) in [6.07, 6.45) is -18.2. The number of likely N-dealkylation sites (N-methyl/N-ethyl adjacent to an activating group) is 1. The molecule has 21 N–H and O–H groups in total. The van der Waals surface area contributed by atoms with Crippen LogP contribution in [-0.4, -0.2) is 237 Å². The van der Waals surface area contributed by atoms with Crippen LogP contribution in [0.25, 0.3) is 11.1 Å². The number of nitrogen functional groups attached to an aromatic ring is 1. The molecule has 2 unspecified atom stereocenters. The number of aliphatic hydroxyl groups excluding tert-OH is 6. The van der Waals surface area contributed by atoms with Crippen LogP contribution in [0.2, 0.25) is 14.4 Å². The number of oxime groups is 1. The summed E-state index contributed by atoms with van der Waals surface area (Å²) in [4.78, 5) is 174. The van der Waals surface area contributed by atoms with Crippen LogP contribution >= 0.6 is 57.9 Å². The number of ketones is 3. The van der Waals surface area contributed by atoms with Crippen molar-refractivity contribution in [3.8, 4) is 57.1 Å². The Morgan fingerprint density at radius 1 is 0.794 bits per heavy atom. The number of rotatable bonds is 25. The summed E-state index contributed by atoms with van der Waals surface area (Å²) in [5.41, 5.74) is 14.1. The lowest BCUT2D eigenvalue weighted by Crippen LogP contribution is -2.69. The van der Waals surface area contributed by atoms with Gasteiger partial charge in [-0.1, -0.05) is 89.4 Å². The Morgan fingerprint density at radius 3 is 2.10 bits per heavy atom. The number of nitrogens with two attached hydrogens (primary N) is 3. The van der Waals surface area contributed by atoms with E-state index in [4.69, 9.17) is 85.3 Å².